The summed E-state index contributed by atoms with van der Waals surface area (Å²) in [5.74, 6) is 2.49. The highest BCUT2D eigenvalue weighted by Crippen LogP contribution is 2.35. The summed E-state index contributed by atoms with van der Waals surface area (Å²) in [7, 11) is 0. The van der Waals surface area contributed by atoms with Crippen molar-refractivity contribution in [1.82, 2.24) is 5.32 Å². The van der Waals surface area contributed by atoms with E-state index in [2.05, 4.69) is 12.2 Å². The minimum atomic E-state index is -0.317. The number of hydrogen-bond donors (Lipinski definition) is 1. The first kappa shape index (κ1) is 22.0. The first-order chi connectivity index (χ1) is 14.7. The number of hydrogen-bond acceptors (Lipinski definition) is 4. The summed E-state index contributed by atoms with van der Waals surface area (Å²) in [5.41, 5.74) is 1.48. The van der Waals surface area contributed by atoms with E-state index in [1.54, 1.807) is 18.2 Å². The van der Waals surface area contributed by atoms with Gasteiger partial charge in [0.2, 0.25) is 5.91 Å². The fraction of sp³-hybridized carbons (Fsp3) is 0.333. The Bertz CT molecular complexity index is 883. The van der Waals surface area contributed by atoms with Gasteiger partial charge in [-0.05, 0) is 48.1 Å². The molecule has 1 heterocycles. The zero-order chi connectivity index (χ0) is 21.2. The Balaban J connectivity index is 1.63. The van der Waals surface area contributed by atoms with E-state index in [1.165, 1.54) is 23.5 Å². The molecule has 0 saturated carbocycles. The highest BCUT2D eigenvalue weighted by Gasteiger charge is 2.31. The molecule has 158 valence electrons. The molecule has 2 amide bonds. The molecule has 0 atom stereocenters. The summed E-state index contributed by atoms with van der Waals surface area (Å²) in [6.07, 6.45) is 5.07. The third kappa shape index (κ3) is 6.13. The van der Waals surface area contributed by atoms with Gasteiger partial charge in [0.25, 0.3) is 5.91 Å². The normalized spacial score (nSPS) is 14.4. The lowest BCUT2D eigenvalue weighted by Crippen LogP contribution is -2.44. The van der Waals surface area contributed by atoms with E-state index < -0.39 is 0 Å². The van der Waals surface area contributed by atoms with Crippen LogP contribution in [0.2, 0.25) is 0 Å². The van der Waals surface area contributed by atoms with Crippen LogP contribution in [0.5, 0.6) is 5.75 Å². The number of carbonyl (C=O) groups excluding carboxylic acids is 2. The van der Waals surface area contributed by atoms with Crippen LogP contribution in [0.25, 0.3) is 6.08 Å². The second kappa shape index (κ2) is 11.5. The first-order valence-electron chi connectivity index (χ1n) is 10.4. The average Bonchev–Trinajstić information content (AvgIpc) is 2.76. The summed E-state index contributed by atoms with van der Waals surface area (Å²) in [6.45, 7) is 2.77. The average molecular weight is 425 g/mol. The number of nitrogens with zero attached hydrogens (tertiary/aromatic N) is 1. The van der Waals surface area contributed by atoms with Gasteiger partial charge in [0, 0.05) is 6.54 Å². The van der Waals surface area contributed by atoms with E-state index in [1.807, 2.05) is 54.2 Å². The van der Waals surface area contributed by atoms with Crippen molar-refractivity contribution in [2.75, 3.05) is 29.5 Å². The Morgan fingerprint density at radius 1 is 1.07 bits per heavy atom. The number of ether oxygens (including phenoxy) is 1. The van der Waals surface area contributed by atoms with Crippen LogP contribution >= 0.6 is 11.8 Å². The number of thioether (sulfide) groups is 1. The molecule has 0 fully saturated rings. The lowest BCUT2D eigenvalue weighted by atomic mass is 10.1. The molecule has 1 aliphatic heterocycles. The Morgan fingerprint density at radius 3 is 2.60 bits per heavy atom. The van der Waals surface area contributed by atoms with Gasteiger partial charge in [-0.1, -0.05) is 55.8 Å². The van der Waals surface area contributed by atoms with Crippen molar-refractivity contribution in [3.05, 3.63) is 65.9 Å². The van der Waals surface area contributed by atoms with Crippen molar-refractivity contribution < 1.29 is 14.3 Å². The number of rotatable bonds is 10. The smallest absolute Gasteiger partial charge is 0.294 e. The number of amides is 2. The number of nitrogens with one attached hydrogen (secondary N) is 1. The number of anilines is 1. The standard InChI is InChI=1S/C24H28N2O3S/c1-2-3-15-30-16-9-14-25-23(27)18-26-20-12-7-8-13-21(20)29-22(24(26)28)17-19-10-5-4-6-11-19/h4-8,10-13,17H,2-3,9,14-16,18H2,1H3,(H,25,27)/b22-17+. The lowest BCUT2D eigenvalue weighted by molar-refractivity contribution is -0.123. The zero-order valence-electron chi connectivity index (χ0n) is 17.3. The number of para-hydroxylation sites is 2. The minimum absolute atomic E-state index is 0.0334. The quantitative estimate of drug-likeness (QED) is 0.451. The predicted octanol–water partition coefficient (Wildman–Crippen LogP) is 4.49. The van der Waals surface area contributed by atoms with Gasteiger partial charge in [-0.2, -0.15) is 11.8 Å². The third-order valence-corrected chi connectivity index (χ3v) is 5.82. The number of fused-ring (bicyclic) bond motifs is 1. The van der Waals surface area contributed by atoms with Crippen LogP contribution < -0.4 is 15.0 Å². The van der Waals surface area contributed by atoms with Gasteiger partial charge in [0.05, 0.1) is 5.69 Å². The maximum Gasteiger partial charge on any atom is 0.294 e. The van der Waals surface area contributed by atoms with E-state index in [-0.39, 0.29) is 24.1 Å². The van der Waals surface area contributed by atoms with E-state index in [0.29, 0.717) is 18.0 Å². The Labute approximate surface area is 182 Å². The van der Waals surface area contributed by atoms with Crippen molar-refractivity contribution in [3.8, 4) is 5.75 Å². The number of benzene rings is 2. The van der Waals surface area contributed by atoms with E-state index in [4.69, 9.17) is 4.74 Å². The fourth-order valence-corrected chi connectivity index (χ4v) is 4.12. The molecule has 0 bridgehead atoms. The highest BCUT2D eigenvalue weighted by molar-refractivity contribution is 7.99. The second-order valence-corrected chi connectivity index (χ2v) is 8.27. The van der Waals surface area contributed by atoms with Gasteiger partial charge in [-0.25, -0.2) is 0 Å². The van der Waals surface area contributed by atoms with E-state index >= 15 is 0 Å². The molecule has 0 unspecified atom stereocenters. The highest BCUT2D eigenvalue weighted by atomic mass is 32.2. The van der Waals surface area contributed by atoms with Crippen LogP contribution in [-0.4, -0.2) is 36.4 Å². The topological polar surface area (TPSA) is 58.6 Å². The molecular formula is C24H28N2O3S. The van der Waals surface area contributed by atoms with Gasteiger partial charge in [0.1, 0.15) is 6.54 Å². The molecule has 1 aliphatic rings. The molecule has 0 aliphatic carbocycles. The molecule has 0 saturated heterocycles. The van der Waals surface area contributed by atoms with Gasteiger partial charge in [-0.15, -0.1) is 0 Å². The number of carbonyl (C=O) groups is 2. The Hall–Kier alpha value is -2.73. The van der Waals surface area contributed by atoms with Gasteiger partial charge >= 0.3 is 0 Å². The zero-order valence-corrected chi connectivity index (χ0v) is 18.1. The van der Waals surface area contributed by atoms with Gasteiger partial charge in [-0.3, -0.25) is 14.5 Å². The molecule has 0 aromatic heterocycles. The monoisotopic (exact) mass is 424 g/mol. The van der Waals surface area contributed by atoms with Crippen molar-refractivity contribution in [2.45, 2.75) is 26.2 Å². The molecule has 30 heavy (non-hydrogen) atoms. The van der Waals surface area contributed by atoms with Crippen molar-refractivity contribution in [2.24, 2.45) is 0 Å². The van der Waals surface area contributed by atoms with Crippen LogP contribution in [0.15, 0.2) is 60.4 Å². The molecule has 6 heteroatoms. The summed E-state index contributed by atoms with van der Waals surface area (Å²) in [5, 5.41) is 2.93. The maximum atomic E-state index is 13.1. The predicted molar refractivity (Wildman–Crippen MR) is 124 cm³/mol. The van der Waals surface area contributed by atoms with Crippen LogP contribution in [-0.2, 0) is 9.59 Å². The van der Waals surface area contributed by atoms with Crippen LogP contribution in [0.1, 0.15) is 31.7 Å². The summed E-state index contributed by atoms with van der Waals surface area (Å²) in [6, 6.07) is 16.8. The van der Waals surface area contributed by atoms with Crippen molar-refractivity contribution in [1.29, 1.82) is 0 Å². The summed E-state index contributed by atoms with van der Waals surface area (Å²) < 4.78 is 5.84. The van der Waals surface area contributed by atoms with Crippen LogP contribution in [0.4, 0.5) is 5.69 Å². The maximum absolute atomic E-state index is 13.1. The molecule has 2 aromatic carbocycles. The van der Waals surface area contributed by atoms with E-state index in [0.717, 1.165) is 17.7 Å². The Morgan fingerprint density at radius 2 is 1.80 bits per heavy atom. The van der Waals surface area contributed by atoms with Gasteiger partial charge < -0.3 is 10.1 Å². The van der Waals surface area contributed by atoms with Gasteiger partial charge in [0.15, 0.2) is 11.5 Å². The Kier molecular flexibility index (Phi) is 8.39. The molecular weight excluding hydrogens is 396 g/mol. The first-order valence-corrected chi connectivity index (χ1v) is 11.5. The molecule has 3 rings (SSSR count). The molecule has 5 nitrogen and oxygen atoms in total. The largest absolute Gasteiger partial charge is 0.449 e. The molecule has 2 aromatic rings. The van der Waals surface area contributed by atoms with Crippen molar-refractivity contribution in [3.63, 3.8) is 0 Å². The lowest BCUT2D eigenvalue weighted by Gasteiger charge is -2.30. The summed E-state index contributed by atoms with van der Waals surface area (Å²) in [4.78, 5) is 27.0. The molecule has 0 radical (unpaired) electrons. The SMILES string of the molecule is CCCCSCCCNC(=O)CN1C(=O)/C(=C\c2ccccc2)Oc2ccccc21. The van der Waals surface area contributed by atoms with E-state index in [9.17, 15) is 9.59 Å². The molecule has 0 spiro atoms. The minimum Gasteiger partial charge on any atom is -0.449 e. The van der Waals surface area contributed by atoms with Crippen LogP contribution in [0.3, 0.4) is 0 Å². The van der Waals surface area contributed by atoms with Crippen molar-refractivity contribution >= 4 is 35.3 Å². The fourth-order valence-electron chi connectivity index (χ4n) is 3.07. The summed E-state index contributed by atoms with van der Waals surface area (Å²) >= 11 is 1.92. The van der Waals surface area contributed by atoms with Crippen LogP contribution in [0, 0.1) is 0 Å². The second-order valence-electron chi connectivity index (χ2n) is 7.05. The molecule has 1 N–H and O–H groups in total. The number of unbranched alkanes of at least 4 members (excludes halogenated alkanes) is 1. The third-order valence-electron chi connectivity index (χ3n) is 4.66.